The minimum absolute atomic E-state index is 0.354. The Balaban J connectivity index is 1.44. The summed E-state index contributed by atoms with van der Waals surface area (Å²) < 4.78 is 2.09. The van der Waals surface area contributed by atoms with E-state index in [2.05, 4.69) is 42.2 Å². The molecule has 0 aliphatic carbocycles. The smallest absolute Gasteiger partial charge is 0.229 e. The third-order valence-corrected chi connectivity index (χ3v) is 6.62. The first-order valence-corrected chi connectivity index (χ1v) is 12.2. The van der Waals surface area contributed by atoms with E-state index in [1.807, 2.05) is 12.4 Å². The molecule has 8 nitrogen and oxygen atoms in total. The topological polar surface area (TPSA) is 91.7 Å². The first-order valence-electron chi connectivity index (χ1n) is 11.5. The molecule has 2 aliphatic rings. The Hall–Kier alpha value is -2.39. The van der Waals surface area contributed by atoms with Crippen LogP contribution in [0.3, 0.4) is 0 Å². The van der Waals surface area contributed by atoms with Crippen LogP contribution in [-0.2, 0) is 0 Å². The van der Waals surface area contributed by atoms with E-state index in [0.717, 1.165) is 74.5 Å². The first-order chi connectivity index (χ1) is 16.1. The summed E-state index contributed by atoms with van der Waals surface area (Å²) in [5.74, 6) is 1.29. The maximum Gasteiger partial charge on any atom is 0.229 e. The summed E-state index contributed by atoms with van der Waals surface area (Å²) in [6.07, 6.45) is 10.2. The monoisotopic (exact) mass is 486 g/mol. The molecule has 2 fully saturated rings. The summed E-state index contributed by atoms with van der Waals surface area (Å²) in [5, 5.41) is 19.5. The highest BCUT2D eigenvalue weighted by Gasteiger charge is 2.20. The molecule has 0 unspecified atom stereocenters. The summed E-state index contributed by atoms with van der Waals surface area (Å²) >= 11 is 12.3. The third-order valence-electron chi connectivity index (χ3n) is 6.18. The Bertz CT molecular complexity index is 1070. The molecule has 0 amide bonds. The van der Waals surface area contributed by atoms with Gasteiger partial charge in [-0.15, -0.1) is 0 Å². The molecule has 1 aromatic carbocycles. The third kappa shape index (κ3) is 5.58. The standard InChI is InChI=1S/C23H28Cl2N8/c24-16-9-17(25)11-19(10-16)31-23-28-13-21(22(32-23)30-18-1-5-26-6-2-18)15-12-29-33(14-15)20-3-7-27-8-4-20/h9-14,18,20,26-27H,1-8H2,(H2,28,30,31,32). The van der Waals surface area contributed by atoms with Gasteiger partial charge in [0, 0.05) is 45.3 Å². The molecular formula is C23H28Cl2N8. The fourth-order valence-electron chi connectivity index (χ4n) is 4.43. The van der Waals surface area contributed by atoms with Crippen molar-refractivity contribution in [3.05, 3.63) is 46.8 Å². The van der Waals surface area contributed by atoms with E-state index in [4.69, 9.17) is 28.2 Å². The van der Waals surface area contributed by atoms with Crippen LogP contribution in [-0.4, -0.2) is 52.0 Å². The fourth-order valence-corrected chi connectivity index (χ4v) is 4.95. The molecule has 0 atom stereocenters. The van der Waals surface area contributed by atoms with Crippen LogP contribution in [0.1, 0.15) is 31.7 Å². The van der Waals surface area contributed by atoms with E-state index < -0.39 is 0 Å². The number of nitrogens with zero attached hydrogens (tertiary/aromatic N) is 4. The van der Waals surface area contributed by atoms with Gasteiger partial charge < -0.3 is 21.3 Å². The molecule has 2 aromatic heterocycles. The van der Waals surface area contributed by atoms with Crippen molar-refractivity contribution in [2.75, 3.05) is 36.8 Å². The lowest BCUT2D eigenvalue weighted by atomic mass is 10.1. The van der Waals surface area contributed by atoms with Crippen molar-refractivity contribution in [1.82, 2.24) is 30.4 Å². The van der Waals surface area contributed by atoms with Crippen molar-refractivity contribution in [2.45, 2.75) is 37.8 Å². The maximum atomic E-state index is 6.15. The predicted molar refractivity (Wildman–Crippen MR) is 134 cm³/mol. The number of benzene rings is 1. The molecule has 0 spiro atoms. The van der Waals surface area contributed by atoms with Crippen molar-refractivity contribution < 1.29 is 0 Å². The number of piperidine rings is 2. The number of nitrogens with one attached hydrogen (secondary N) is 4. The second-order valence-electron chi connectivity index (χ2n) is 8.60. The van der Waals surface area contributed by atoms with E-state index in [1.54, 1.807) is 18.2 Å². The number of hydrogen-bond acceptors (Lipinski definition) is 7. The Labute approximate surface area is 203 Å². The molecule has 33 heavy (non-hydrogen) atoms. The zero-order valence-corrected chi connectivity index (χ0v) is 19.8. The fraction of sp³-hybridized carbons (Fsp3) is 0.435. The number of hydrogen-bond donors (Lipinski definition) is 4. The molecule has 174 valence electrons. The lowest BCUT2D eigenvalue weighted by molar-refractivity contribution is 0.343. The van der Waals surface area contributed by atoms with E-state index in [1.165, 1.54) is 0 Å². The van der Waals surface area contributed by atoms with Crippen LogP contribution >= 0.6 is 23.2 Å². The molecule has 4 N–H and O–H groups in total. The molecule has 0 saturated carbocycles. The normalized spacial score (nSPS) is 17.8. The van der Waals surface area contributed by atoms with Crippen LogP contribution in [0.5, 0.6) is 0 Å². The number of halogens is 2. The van der Waals surface area contributed by atoms with E-state index in [0.29, 0.717) is 28.1 Å². The lowest BCUT2D eigenvalue weighted by Crippen LogP contribution is -2.35. The van der Waals surface area contributed by atoms with Crippen molar-refractivity contribution in [3.8, 4) is 11.1 Å². The zero-order valence-electron chi connectivity index (χ0n) is 18.3. The molecule has 4 heterocycles. The first kappa shape index (κ1) is 22.4. The van der Waals surface area contributed by atoms with Crippen LogP contribution < -0.4 is 21.3 Å². The van der Waals surface area contributed by atoms with Gasteiger partial charge in [-0.05, 0) is 70.1 Å². The minimum Gasteiger partial charge on any atom is -0.367 e. The van der Waals surface area contributed by atoms with Gasteiger partial charge in [-0.3, -0.25) is 4.68 Å². The van der Waals surface area contributed by atoms with Gasteiger partial charge in [0.1, 0.15) is 5.82 Å². The minimum atomic E-state index is 0.354. The Morgan fingerprint density at radius 1 is 0.909 bits per heavy atom. The highest BCUT2D eigenvalue weighted by molar-refractivity contribution is 6.35. The van der Waals surface area contributed by atoms with Gasteiger partial charge >= 0.3 is 0 Å². The van der Waals surface area contributed by atoms with Crippen LogP contribution in [0.4, 0.5) is 17.5 Å². The largest absolute Gasteiger partial charge is 0.367 e. The van der Waals surface area contributed by atoms with E-state index >= 15 is 0 Å². The Morgan fingerprint density at radius 3 is 2.33 bits per heavy atom. The zero-order chi connectivity index (χ0) is 22.6. The van der Waals surface area contributed by atoms with Crippen LogP contribution in [0.2, 0.25) is 10.0 Å². The summed E-state index contributed by atoms with van der Waals surface area (Å²) in [6, 6.07) is 6.08. The molecule has 0 radical (unpaired) electrons. The van der Waals surface area contributed by atoms with Crippen LogP contribution in [0, 0.1) is 0 Å². The van der Waals surface area contributed by atoms with E-state index in [9.17, 15) is 0 Å². The van der Waals surface area contributed by atoms with Crippen molar-refractivity contribution in [1.29, 1.82) is 0 Å². The van der Waals surface area contributed by atoms with Gasteiger partial charge in [0.25, 0.3) is 0 Å². The summed E-state index contributed by atoms with van der Waals surface area (Å²) in [5.41, 5.74) is 2.71. The van der Waals surface area contributed by atoms with Gasteiger partial charge in [-0.2, -0.15) is 10.1 Å². The average molecular weight is 487 g/mol. The summed E-state index contributed by atoms with van der Waals surface area (Å²) in [4.78, 5) is 9.41. The number of rotatable bonds is 6. The molecule has 3 aromatic rings. The SMILES string of the molecule is Clc1cc(Cl)cc(Nc2ncc(-c3cnn(C4CCNCC4)c3)c(NC3CCNCC3)n2)c1. The second-order valence-corrected chi connectivity index (χ2v) is 9.47. The average Bonchev–Trinajstić information content (AvgIpc) is 3.30. The second kappa shape index (κ2) is 10.3. The summed E-state index contributed by atoms with van der Waals surface area (Å²) in [7, 11) is 0. The van der Waals surface area contributed by atoms with Crippen molar-refractivity contribution >= 4 is 40.7 Å². The summed E-state index contributed by atoms with van der Waals surface area (Å²) in [6.45, 7) is 4.05. The number of aromatic nitrogens is 4. The quantitative estimate of drug-likeness (QED) is 0.408. The van der Waals surface area contributed by atoms with Gasteiger partial charge in [0.15, 0.2) is 0 Å². The van der Waals surface area contributed by atoms with Crippen LogP contribution in [0.25, 0.3) is 11.1 Å². The molecule has 10 heteroatoms. The van der Waals surface area contributed by atoms with Crippen molar-refractivity contribution in [3.63, 3.8) is 0 Å². The lowest BCUT2D eigenvalue weighted by Gasteiger charge is -2.25. The van der Waals surface area contributed by atoms with Gasteiger partial charge in [-0.25, -0.2) is 4.98 Å². The highest BCUT2D eigenvalue weighted by Crippen LogP contribution is 2.31. The number of anilines is 3. The van der Waals surface area contributed by atoms with Crippen molar-refractivity contribution in [2.24, 2.45) is 0 Å². The Morgan fingerprint density at radius 2 is 1.61 bits per heavy atom. The highest BCUT2D eigenvalue weighted by atomic mass is 35.5. The predicted octanol–water partition coefficient (Wildman–Crippen LogP) is 4.48. The van der Waals surface area contributed by atoms with Gasteiger partial charge in [0.2, 0.25) is 5.95 Å². The molecular weight excluding hydrogens is 459 g/mol. The van der Waals surface area contributed by atoms with E-state index in [-0.39, 0.29) is 0 Å². The van der Waals surface area contributed by atoms with Crippen LogP contribution in [0.15, 0.2) is 36.8 Å². The Kier molecular flexibility index (Phi) is 6.96. The molecule has 2 aliphatic heterocycles. The molecule has 5 rings (SSSR count). The molecule has 2 saturated heterocycles. The van der Waals surface area contributed by atoms with Gasteiger partial charge in [0.05, 0.1) is 12.2 Å². The maximum absolute atomic E-state index is 6.15. The van der Waals surface area contributed by atoms with Gasteiger partial charge in [-0.1, -0.05) is 23.2 Å². The molecule has 0 bridgehead atoms.